The van der Waals surface area contributed by atoms with E-state index in [-0.39, 0.29) is 0 Å². The molecule has 0 spiro atoms. The number of allylic oxidation sites excluding steroid dienone is 1. The maximum absolute atomic E-state index is 12.9. The van der Waals surface area contributed by atoms with E-state index < -0.39 is 5.97 Å². The second-order valence-electron chi connectivity index (χ2n) is 7.49. The topological polar surface area (TPSA) is 44.1 Å². The van der Waals surface area contributed by atoms with Gasteiger partial charge in [-0.3, -0.25) is 0 Å². The molecule has 1 aromatic heterocycles. The number of aryl methyl sites for hydroxylation is 2. The zero-order valence-electron chi connectivity index (χ0n) is 17.7. The molecule has 0 bridgehead atoms. The average Bonchev–Trinajstić information content (AvgIpc) is 3.12. The lowest BCUT2D eigenvalue weighted by atomic mass is 10.1. The minimum Gasteiger partial charge on any atom is -0.422 e. The van der Waals surface area contributed by atoms with E-state index in [1.165, 1.54) is 0 Å². The molecule has 4 heteroatoms. The molecule has 0 N–H and O–H groups in total. The number of ether oxygens (including phenoxy) is 1. The molecule has 4 rings (SSSR count). The van der Waals surface area contributed by atoms with Crippen LogP contribution in [0, 0.1) is 13.8 Å². The van der Waals surface area contributed by atoms with Gasteiger partial charge in [-0.1, -0.05) is 65.7 Å². The fourth-order valence-corrected chi connectivity index (χ4v) is 3.38. The molecular formula is C27H24N2O2. The molecule has 0 aliphatic heterocycles. The predicted molar refractivity (Wildman–Crippen MR) is 126 cm³/mol. The summed E-state index contributed by atoms with van der Waals surface area (Å²) in [5.41, 5.74) is 5.41. The van der Waals surface area contributed by atoms with Crippen molar-refractivity contribution >= 4 is 28.8 Å². The van der Waals surface area contributed by atoms with Crippen LogP contribution >= 0.6 is 0 Å². The van der Waals surface area contributed by atoms with Crippen LogP contribution in [-0.2, 0) is 11.3 Å². The van der Waals surface area contributed by atoms with E-state index in [1.807, 2.05) is 86.7 Å². The Morgan fingerprint density at radius 3 is 2.19 bits per heavy atom. The molecule has 3 aromatic carbocycles. The first-order chi connectivity index (χ1) is 15.0. The largest absolute Gasteiger partial charge is 0.422 e. The second-order valence-corrected chi connectivity index (χ2v) is 7.49. The summed E-state index contributed by atoms with van der Waals surface area (Å²) in [6, 6.07) is 23.2. The zero-order chi connectivity index (χ0) is 21.8. The summed E-state index contributed by atoms with van der Waals surface area (Å²) >= 11 is 0. The summed E-state index contributed by atoms with van der Waals surface area (Å²) < 4.78 is 7.93. The van der Waals surface area contributed by atoms with Crippen LogP contribution in [0.5, 0.6) is 0 Å². The lowest BCUT2D eigenvalue weighted by Gasteiger charge is -2.11. The van der Waals surface area contributed by atoms with Crippen molar-refractivity contribution in [1.29, 1.82) is 0 Å². The minimum atomic E-state index is -0.404. The van der Waals surface area contributed by atoms with Crippen molar-refractivity contribution in [3.63, 3.8) is 0 Å². The van der Waals surface area contributed by atoms with E-state index in [2.05, 4.69) is 11.1 Å². The molecule has 0 radical (unpaired) electrons. The highest BCUT2D eigenvalue weighted by molar-refractivity contribution is 5.95. The van der Waals surface area contributed by atoms with Gasteiger partial charge in [0.15, 0.2) is 0 Å². The molecule has 0 aliphatic rings. The van der Waals surface area contributed by atoms with Gasteiger partial charge in [-0.25, -0.2) is 9.78 Å². The maximum atomic E-state index is 12.9. The smallest absolute Gasteiger partial charge is 0.343 e. The molecule has 31 heavy (non-hydrogen) atoms. The third-order valence-electron chi connectivity index (χ3n) is 5.08. The first kappa shape index (κ1) is 20.4. The summed E-state index contributed by atoms with van der Waals surface area (Å²) in [4.78, 5) is 17.6. The van der Waals surface area contributed by atoms with Crippen LogP contribution in [0.1, 0.15) is 32.9 Å². The van der Waals surface area contributed by atoms with Crippen LogP contribution in [0.25, 0.3) is 22.9 Å². The van der Waals surface area contributed by atoms with E-state index >= 15 is 0 Å². The molecule has 154 valence electrons. The number of hydrogen-bond acceptors (Lipinski definition) is 3. The highest BCUT2D eigenvalue weighted by Crippen LogP contribution is 2.24. The standard InChI is InChI=1S/C27H24N2O2/c1-4-17-29-24-8-6-5-7-23(24)28-26(29)18-25(21-13-9-19(2)10-14-21)31-27(30)22-15-11-20(3)12-16-22/h4-16,18H,1,17H2,2-3H3. The highest BCUT2D eigenvalue weighted by atomic mass is 16.5. The average molecular weight is 409 g/mol. The third kappa shape index (κ3) is 4.48. The molecule has 0 saturated heterocycles. The molecule has 0 amide bonds. The van der Waals surface area contributed by atoms with Crippen LogP contribution in [0.2, 0.25) is 0 Å². The fourth-order valence-electron chi connectivity index (χ4n) is 3.38. The summed E-state index contributed by atoms with van der Waals surface area (Å²) in [5, 5.41) is 0. The number of fused-ring (bicyclic) bond motifs is 1. The van der Waals surface area contributed by atoms with E-state index in [1.54, 1.807) is 12.1 Å². The summed E-state index contributed by atoms with van der Waals surface area (Å²) in [5.74, 6) is 0.748. The van der Waals surface area contributed by atoms with Crippen LogP contribution < -0.4 is 0 Å². The molecule has 0 aliphatic carbocycles. The fraction of sp³-hybridized carbons (Fsp3) is 0.111. The lowest BCUT2D eigenvalue weighted by molar-refractivity contribution is 0.0693. The van der Waals surface area contributed by atoms with Crippen molar-refractivity contribution in [2.45, 2.75) is 20.4 Å². The number of benzene rings is 3. The van der Waals surface area contributed by atoms with Crippen molar-refractivity contribution in [3.05, 3.63) is 114 Å². The molecule has 0 unspecified atom stereocenters. The number of carbonyl (C=O) groups excluding carboxylic acids is 1. The molecule has 0 fully saturated rings. The monoisotopic (exact) mass is 408 g/mol. The van der Waals surface area contributed by atoms with Crippen LogP contribution in [0.4, 0.5) is 0 Å². The maximum Gasteiger partial charge on any atom is 0.343 e. The van der Waals surface area contributed by atoms with Gasteiger partial charge in [0.25, 0.3) is 0 Å². The SMILES string of the molecule is C=CCn1c(C=C(OC(=O)c2ccc(C)cc2)c2ccc(C)cc2)nc2ccccc21. The molecule has 0 saturated carbocycles. The first-order valence-corrected chi connectivity index (χ1v) is 10.2. The van der Waals surface area contributed by atoms with Gasteiger partial charge in [0.05, 0.1) is 16.6 Å². The number of rotatable bonds is 6. The van der Waals surface area contributed by atoms with Crippen molar-refractivity contribution in [1.82, 2.24) is 9.55 Å². The quantitative estimate of drug-likeness (QED) is 0.217. The van der Waals surface area contributed by atoms with Crippen molar-refractivity contribution in [2.75, 3.05) is 0 Å². The molecular weight excluding hydrogens is 384 g/mol. The van der Waals surface area contributed by atoms with E-state index in [0.717, 1.165) is 27.7 Å². The molecule has 1 heterocycles. The summed E-state index contributed by atoms with van der Waals surface area (Å²) in [6.07, 6.45) is 3.65. The zero-order valence-corrected chi connectivity index (χ0v) is 17.7. The van der Waals surface area contributed by atoms with Gasteiger partial charge in [0.2, 0.25) is 0 Å². The Kier molecular flexibility index (Phi) is 5.80. The van der Waals surface area contributed by atoms with E-state index in [9.17, 15) is 4.79 Å². The van der Waals surface area contributed by atoms with Crippen molar-refractivity contribution in [2.24, 2.45) is 0 Å². The summed E-state index contributed by atoms with van der Waals surface area (Å²) in [6.45, 7) is 8.47. The molecule has 4 aromatic rings. The third-order valence-corrected chi connectivity index (χ3v) is 5.08. The Morgan fingerprint density at radius 1 is 0.935 bits per heavy atom. The summed E-state index contributed by atoms with van der Waals surface area (Å²) in [7, 11) is 0. The number of aromatic nitrogens is 2. The molecule has 0 atom stereocenters. The predicted octanol–water partition coefficient (Wildman–Crippen LogP) is 6.19. The molecule has 4 nitrogen and oxygen atoms in total. The van der Waals surface area contributed by atoms with Gasteiger partial charge in [-0.2, -0.15) is 0 Å². The second kappa shape index (κ2) is 8.84. The number of para-hydroxylation sites is 2. The van der Waals surface area contributed by atoms with E-state index in [0.29, 0.717) is 23.7 Å². The Bertz CT molecular complexity index is 1260. The van der Waals surface area contributed by atoms with Gasteiger partial charge < -0.3 is 9.30 Å². The lowest BCUT2D eigenvalue weighted by Crippen LogP contribution is -2.06. The van der Waals surface area contributed by atoms with Gasteiger partial charge in [-0.15, -0.1) is 6.58 Å². The van der Waals surface area contributed by atoms with Crippen molar-refractivity contribution < 1.29 is 9.53 Å². The van der Waals surface area contributed by atoms with Gasteiger partial charge in [0.1, 0.15) is 11.6 Å². The number of esters is 1. The number of nitrogens with zero attached hydrogens (tertiary/aromatic N) is 2. The van der Waals surface area contributed by atoms with E-state index in [4.69, 9.17) is 9.72 Å². The van der Waals surface area contributed by atoms with Crippen molar-refractivity contribution in [3.8, 4) is 0 Å². The normalized spacial score (nSPS) is 11.5. The van der Waals surface area contributed by atoms with Gasteiger partial charge >= 0.3 is 5.97 Å². The Balaban J connectivity index is 1.80. The minimum absolute atomic E-state index is 0.404. The van der Waals surface area contributed by atoms with Crippen LogP contribution in [0.15, 0.2) is 85.5 Å². The van der Waals surface area contributed by atoms with Gasteiger partial charge in [-0.05, 0) is 38.1 Å². The number of carbonyl (C=O) groups is 1. The van der Waals surface area contributed by atoms with Crippen LogP contribution in [-0.4, -0.2) is 15.5 Å². The Hall–Kier alpha value is -3.92. The van der Waals surface area contributed by atoms with Gasteiger partial charge in [0, 0.05) is 18.2 Å². The number of imidazole rings is 1. The highest BCUT2D eigenvalue weighted by Gasteiger charge is 2.15. The number of hydrogen-bond donors (Lipinski definition) is 0. The first-order valence-electron chi connectivity index (χ1n) is 10.2. The Morgan fingerprint density at radius 2 is 1.55 bits per heavy atom. The Labute approximate surface area is 182 Å². The van der Waals surface area contributed by atoms with Crippen LogP contribution in [0.3, 0.4) is 0 Å².